The van der Waals surface area contributed by atoms with E-state index in [1.54, 1.807) is 0 Å². The predicted molar refractivity (Wildman–Crippen MR) is 68.3 cm³/mol. The number of hydrogen-bond donors (Lipinski definition) is 1. The molecule has 22 heavy (non-hydrogen) atoms. The van der Waals surface area contributed by atoms with Gasteiger partial charge in [0.1, 0.15) is 17.3 Å². The largest absolute Gasteiger partial charge is 0.433 e. The maximum absolute atomic E-state index is 13.0. The van der Waals surface area contributed by atoms with Crippen LogP contribution in [0.4, 0.5) is 27.6 Å². The Labute approximate surface area is 121 Å². The zero-order valence-electron chi connectivity index (χ0n) is 11.1. The highest BCUT2D eigenvalue weighted by Gasteiger charge is 2.33. The lowest BCUT2D eigenvalue weighted by Gasteiger charge is -2.10. The fourth-order valence-electron chi connectivity index (χ4n) is 1.78. The number of nitrogens with one attached hydrogen (secondary N) is 1. The predicted octanol–water partition coefficient (Wildman–Crippen LogP) is 3.94. The maximum Gasteiger partial charge on any atom is 0.433 e. The summed E-state index contributed by atoms with van der Waals surface area (Å²) in [4.78, 5) is 15.2. The molecule has 0 bridgehead atoms. The second-order valence-electron chi connectivity index (χ2n) is 4.44. The van der Waals surface area contributed by atoms with Gasteiger partial charge in [0.25, 0.3) is 5.91 Å². The second kappa shape index (κ2) is 5.70. The van der Waals surface area contributed by atoms with Gasteiger partial charge in [-0.2, -0.15) is 13.2 Å². The highest BCUT2D eigenvalue weighted by atomic mass is 19.4. The number of rotatable bonds is 2. The molecular formula is C14H9F5N2O. The van der Waals surface area contributed by atoms with Gasteiger partial charge in [-0.3, -0.25) is 4.79 Å². The van der Waals surface area contributed by atoms with Crippen LogP contribution in [-0.4, -0.2) is 10.9 Å². The summed E-state index contributed by atoms with van der Waals surface area (Å²) in [6.45, 7) is 1.23. The molecule has 1 aromatic heterocycles. The average Bonchev–Trinajstić information content (AvgIpc) is 2.35. The number of carbonyl (C=O) groups excluding carboxylic acids is 1. The van der Waals surface area contributed by atoms with Crippen molar-refractivity contribution in [3.63, 3.8) is 0 Å². The molecule has 0 unspecified atom stereocenters. The number of benzene rings is 1. The van der Waals surface area contributed by atoms with Crippen molar-refractivity contribution in [2.75, 3.05) is 5.32 Å². The normalized spacial score (nSPS) is 11.4. The summed E-state index contributed by atoms with van der Waals surface area (Å²) in [5.74, 6) is -2.60. The minimum atomic E-state index is -4.62. The number of amides is 1. The van der Waals surface area contributed by atoms with E-state index in [4.69, 9.17) is 0 Å². The molecule has 0 fully saturated rings. The molecule has 116 valence electrons. The molecule has 0 aliphatic rings. The third-order valence-electron chi connectivity index (χ3n) is 2.74. The minimum Gasteiger partial charge on any atom is -0.322 e. The van der Waals surface area contributed by atoms with Crippen LogP contribution in [0.15, 0.2) is 30.3 Å². The van der Waals surface area contributed by atoms with Crippen molar-refractivity contribution in [1.29, 1.82) is 0 Å². The quantitative estimate of drug-likeness (QED) is 0.853. The first kappa shape index (κ1) is 15.9. The molecule has 0 aliphatic heterocycles. The molecule has 0 saturated carbocycles. The third-order valence-corrected chi connectivity index (χ3v) is 2.74. The maximum atomic E-state index is 13.0. The van der Waals surface area contributed by atoms with Crippen molar-refractivity contribution in [2.45, 2.75) is 13.1 Å². The van der Waals surface area contributed by atoms with Crippen LogP contribution in [0.2, 0.25) is 0 Å². The molecule has 1 N–H and O–H groups in total. The number of halogens is 5. The van der Waals surface area contributed by atoms with Crippen LogP contribution in [0.3, 0.4) is 0 Å². The van der Waals surface area contributed by atoms with E-state index in [2.05, 4.69) is 10.3 Å². The molecule has 0 atom stereocenters. The molecule has 2 rings (SSSR count). The number of alkyl halides is 3. The number of hydrogen-bond acceptors (Lipinski definition) is 2. The smallest absolute Gasteiger partial charge is 0.322 e. The first-order valence-electron chi connectivity index (χ1n) is 5.99. The van der Waals surface area contributed by atoms with Gasteiger partial charge < -0.3 is 5.32 Å². The summed E-state index contributed by atoms with van der Waals surface area (Å²) in [6.07, 6.45) is -4.62. The van der Waals surface area contributed by atoms with Gasteiger partial charge in [-0.15, -0.1) is 0 Å². The summed E-state index contributed by atoms with van der Waals surface area (Å²) < 4.78 is 63.5. The van der Waals surface area contributed by atoms with Gasteiger partial charge in [0.15, 0.2) is 0 Å². The van der Waals surface area contributed by atoms with Gasteiger partial charge in [-0.05, 0) is 31.2 Å². The lowest BCUT2D eigenvalue weighted by Crippen LogP contribution is -2.16. The van der Waals surface area contributed by atoms with Crippen molar-refractivity contribution >= 4 is 11.6 Å². The number of aromatic nitrogens is 1. The number of aryl methyl sites for hydroxylation is 1. The van der Waals surface area contributed by atoms with E-state index >= 15 is 0 Å². The van der Waals surface area contributed by atoms with E-state index < -0.39 is 29.4 Å². The molecule has 0 saturated heterocycles. The van der Waals surface area contributed by atoms with Crippen LogP contribution in [0.25, 0.3) is 0 Å². The Kier molecular flexibility index (Phi) is 4.11. The number of anilines is 1. The van der Waals surface area contributed by atoms with Gasteiger partial charge in [0.2, 0.25) is 0 Å². The molecule has 0 radical (unpaired) electrons. The highest BCUT2D eigenvalue weighted by Crippen LogP contribution is 2.28. The summed E-state index contributed by atoms with van der Waals surface area (Å²) in [5, 5.41) is 2.20. The third kappa shape index (κ3) is 3.57. The lowest BCUT2D eigenvalue weighted by atomic mass is 10.1. The molecule has 8 heteroatoms. The van der Waals surface area contributed by atoms with Gasteiger partial charge in [0.05, 0.1) is 11.3 Å². The van der Waals surface area contributed by atoms with E-state index in [9.17, 15) is 26.7 Å². The summed E-state index contributed by atoms with van der Waals surface area (Å²) in [7, 11) is 0. The van der Waals surface area contributed by atoms with Crippen molar-refractivity contribution < 1.29 is 26.7 Å². The highest BCUT2D eigenvalue weighted by molar-refractivity contribution is 6.04. The molecule has 2 aromatic rings. The van der Waals surface area contributed by atoms with E-state index in [-0.39, 0.29) is 16.9 Å². The molecule has 0 spiro atoms. The van der Waals surface area contributed by atoms with E-state index in [0.29, 0.717) is 12.1 Å². The van der Waals surface area contributed by atoms with Crippen LogP contribution in [-0.2, 0) is 6.18 Å². The van der Waals surface area contributed by atoms with Crippen LogP contribution < -0.4 is 5.32 Å². The summed E-state index contributed by atoms with van der Waals surface area (Å²) in [5.41, 5.74) is -1.55. The van der Waals surface area contributed by atoms with Gasteiger partial charge in [-0.25, -0.2) is 13.8 Å². The molecule has 1 heterocycles. The topological polar surface area (TPSA) is 42.0 Å². The van der Waals surface area contributed by atoms with Crippen LogP contribution in [0.1, 0.15) is 21.7 Å². The summed E-state index contributed by atoms with van der Waals surface area (Å²) in [6, 6.07) is 4.01. The second-order valence-corrected chi connectivity index (χ2v) is 4.44. The Morgan fingerprint density at radius 3 is 2.18 bits per heavy atom. The fourth-order valence-corrected chi connectivity index (χ4v) is 1.78. The van der Waals surface area contributed by atoms with Gasteiger partial charge >= 0.3 is 6.18 Å². The number of carbonyl (C=O) groups is 1. The monoisotopic (exact) mass is 316 g/mol. The first-order valence-corrected chi connectivity index (χ1v) is 5.99. The number of nitrogens with zero attached hydrogens (tertiary/aromatic N) is 1. The van der Waals surface area contributed by atoms with Crippen molar-refractivity contribution in [3.8, 4) is 0 Å². The zero-order valence-corrected chi connectivity index (χ0v) is 11.1. The van der Waals surface area contributed by atoms with Crippen molar-refractivity contribution in [3.05, 3.63) is 58.9 Å². The first-order chi connectivity index (χ1) is 10.2. The van der Waals surface area contributed by atoms with Crippen molar-refractivity contribution in [1.82, 2.24) is 4.98 Å². The van der Waals surface area contributed by atoms with E-state index in [1.807, 2.05) is 0 Å². The number of pyridine rings is 1. The molecular weight excluding hydrogens is 307 g/mol. The van der Waals surface area contributed by atoms with Gasteiger partial charge in [0, 0.05) is 11.8 Å². The van der Waals surface area contributed by atoms with Crippen LogP contribution in [0, 0.1) is 18.6 Å². The van der Waals surface area contributed by atoms with Gasteiger partial charge in [-0.1, -0.05) is 0 Å². The molecule has 1 aromatic carbocycles. The summed E-state index contributed by atoms with van der Waals surface area (Å²) >= 11 is 0. The Hall–Kier alpha value is -2.51. The van der Waals surface area contributed by atoms with Crippen molar-refractivity contribution in [2.24, 2.45) is 0 Å². The SMILES string of the molecule is Cc1nc(C(F)(F)F)ccc1C(=O)Nc1cc(F)cc(F)c1. The Morgan fingerprint density at radius 1 is 1.09 bits per heavy atom. The van der Waals surface area contributed by atoms with E-state index in [0.717, 1.165) is 18.2 Å². The Bertz CT molecular complexity index is 707. The lowest BCUT2D eigenvalue weighted by molar-refractivity contribution is -0.141. The van der Waals surface area contributed by atoms with Crippen LogP contribution in [0.5, 0.6) is 0 Å². The van der Waals surface area contributed by atoms with E-state index in [1.165, 1.54) is 6.92 Å². The zero-order chi connectivity index (χ0) is 16.5. The Morgan fingerprint density at radius 2 is 1.68 bits per heavy atom. The fraction of sp³-hybridized carbons (Fsp3) is 0.143. The standard InChI is InChI=1S/C14H9F5N2O/c1-7-11(2-3-12(20-7)14(17,18)19)13(22)21-10-5-8(15)4-9(16)6-10/h2-6H,1H3,(H,21,22). The minimum absolute atomic E-state index is 0.127. The molecule has 0 aliphatic carbocycles. The molecule has 3 nitrogen and oxygen atoms in total. The van der Waals surface area contributed by atoms with Crippen LogP contribution >= 0.6 is 0 Å². The average molecular weight is 316 g/mol. The Balaban J connectivity index is 2.26. The molecule has 1 amide bonds.